The SMILES string of the molecule is O=C(/C=C\c1ccccc1)c1cc2ccc1CCc1ccc(cc1)CC2. The second-order valence-electron chi connectivity index (χ2n) is 6.92. The molecule has 0 aromatic heterocycles. The molecule has 0 spiro atoms. The van der Waals surface area contributed by atoms with Gasteiger partial charge in [-0.3, -0.25) is 4.79 Å². The summed E-state index contributed by atoms with van der Waals surface area (Å²) in [6, 6.07) is 25.3. The maximum atomic E-state index is 12.9. The molecule has 1 nitrogen and oxygen atoms in total. The van der Waals surface area contributed by atoms with E-state index in [9.17, 15) is 4.79 Å². The van der Waals surface area contributed by atoms with Crippen LogP contribution >= 0.6 is 0 Å². The number of ketones is 1. The molecular formula is C25H22O. The van der Waals surface area contributed by atoms with Gasteiger partial charge in [0.15, 0.2) is 5.78 Å². The van der Waals surface area contributed by atoms with Crippen LogP contribution in [-0.2, 0) is 25.7 Å². The van der Waals surface area contributed by atoms with Gasteiger partial charge >= 0.3 is 0 Å². The fourth-order valence-electron chi connectivity index (χ4n) is 3.49. The molecule has 0 unspecified atom stereocenters. The highest BCUT2D eigenvalue weighted by Crippen LogP contribution is 2.20. The van der Waals surface area contributed by atoms with Gasteiger partial charge in [0.25, 0.3) is 0 Å². The molecule has 0 heterocycles. The summed E-state index contributed by atoms with van der Waals surface area (Å²) >= 11 is 0. The van der Waals surface area contributed by atoms with Crippen LogP contribution in [0, 0.1) is 0 Å². The van der Waals surface area contributed by atoms with E-state index in [0.717, 1.165) is 42.4 Å². The minimum absolute atomic E-state index is 0.0941. The van der Waals surface area contributed by atoms with Crippen LogP contribution in [0.15, 0.2) is 78.9 Å². The van der Waals surface area contributed by atoms with E-state index in [2.05, 4.69) is 42.5 Å². The van der Waals surface area contributed by atoms with E-state index < -0.39 is 0 Å². The molecule has 26 heavy (non-hydrogen) atoms. The van der Waals surface area contributed by atoms with Crippen molar-refractivity contribution in [2.24, 2.45) is 0 Å². The Morgan fingerprint density at radius 2 is 1.31 bits per heavy atom. The third kappa shape index (κ3) is 3.83. The molecule has 0 saturated carbocycles. The molecule has 0 amide bonds. The molecule has 1 heteroatoms. The van der Waals surface area contributed by atoms with Crippen molar-refractivity contribution in [3.8, 4) is 0 Å². The number of hydrogen-bond donors (Lipinski definition) is 0. The summed E-state index contributed by atoms with van der Waals surface area (Å²) in [7, 11) is 0. The third-order valence-electron chi connectivity index (χ3n) is 5.07. The van der Waals surface area contributed by atoms with Crippen LogP contribution in [0.2, 0.25) is 0 Å². The van der Waals surface area contributed by atoms with Gasteiger partial charge < -0.3 is 0 Å². The molecule has 4 bridgehead atoms. The lowest BCUT2D eigenvalue weighted by Crippen LogP contribution is -2.06. The van der Waals surface area contributed by atoms with Crippen molar-refractivity contribution < 1.29 is 4.79 Å². The summed E-state index contributed by atoms with van der Waals surface area (Å²) < 4.78 is 0. The molecule has 3 aromatic carbocycles. The Labute approximate surface area is 155 Å². The molecule has 0 N–H and O–H groups in total. The molecule has 3 aromatic rings. The van der Waals surface area contributed by atoms with Gasteiger partial charge in [-0.15, -0.1) is 0 Å². The van der Waals surface area contributed by atoms with Crippen molar-refractivity contribution in [3.63, 3.8) is 0 Å². The fraction of sp³-hybridized carbons (Fsp3) is 0.160. The van der Waals surface area contributed by atoms with Gasteiger partial charge in [0.2, 0.25) is 0 Å². The highest BCUT2D eigenvalue weighted by Gasteiger charge is 2.12. The minimum atomic E-state index is 0.0941. The van der Waals surface area contributed by atoms with E-state index in [-0.39, 0.29) is 5.78 Å². The molecule has 0 atom stereocenters. The maximum absolute atomic E-state index is 12.9. The summed E-state index contributed by atoms with van der Waals surface area (Å²) in [6.07, 6.45) is 7.43. The first-order valence-corrected chi connectivity index (χ1v) is 9.25. The Morgan fingerprint density at radius 3 is 2.04 bits per heavy atom. The zero-order chi connectivity index (χ0) is 17.8. The highest BCUT2D eigenvalue weighted by atomic mass is 16.1. The standard InChI is InChI=1S/C25H22O/c26-25(17-14-19-4-2-1-3-5-19)24-18-22-11-10-20-6-8-21(9-7-20)12-15-23(24)16-13-22/h1-9,13-14,16-18H,10-12,15H2/b17-14-. The Hall–Kier alpha value is -2.93. The molecule has 128 valence electrons. The highest BCUT2D eigenvalue weighted by molar-refractivity contribution is 6.08. The molecule has 0 saturated heterocycles. The minimum Gasteiger partial charge on any atom is -0.289 e. The first kappa shape index (κ1) is 16.5. The quantitative estimate of drug-likeness (QED) is 0.457. The van der Waals surface area contributed by atoms with Crippen LogP contribution in [0.25, 0.3) is 6.08 Å². The number of aryl methyl sites for hydroxylation is 4. The lowest BCUT2D eigenvalue weighted by molar-refractivity contribution is 0.104. The van der Waals surface area contributed by atoms with Crippen molar-refractivity contribution >= 4 is 11.9 Å². The third-order valence-corrected chi connectivity index (χ3v) is 5.07. The average molecular weight is 338 g/mol. The average Bonchev–Trinajstić information content (AvgIpc) is 2.69. The molecular weight excluding hydrogens is 316 g/mol. The lowest BCUT2D eigenvalue weighted by atomic mass is 9.91. The zero-order valence-electron chi connectivity index (χ0n) is 14.8. The Morgan fingerprint density at radius 1 is 0.692 bits per heavy atom. The van der Waals surface area contributed by atoms with Gasteiger partial charge in [0, 0.05) is 5.56 Å². The second-order valence-corrected chi connectivity index (χ2v) is 6.92. The smallest absolute Gasteiger partial charge is 0.186 e. The van der Waals surface area contributed by atoms with Crippen LogP contribution in [0.4, 0.5) is 0 Å². The topological polar surface area (TPSA) is 17.1 Å². The van der Waals surface area contributed by atoms with Gasteiger partial charge in [-0.25, -0.2) is 0 Å². The predicted octanol–water partition coefficient (Wildman–Crippen LogP) is 5.47. The van der Waals surface area contributed by atoms with Crippen molar-refractivity contribution in [3.05, 3.63) is 112 Å². The number of carbonyl (C=O) groups is 1. The van der Waals surface area contributed by atoms with Gasteiger partial charge in [-0.2, -0.15) is 0 Å². The van der Waals surface area contributed by atoms with E-state index in [0.29, 0.717) is 0 Å². The first-order chi connectivity index (χ1) is 12.8. The summed E-state index contributed by atoms with van der Waals surface area (Å²) in [6.45, 7) is 0. The van der Waals surface area contributed by atoms with Gasteiger partial charge in [-0.1, -0.05) is 72.8 Å². The summed E-state index contributed by atoms with van der Waals surface area (Å²) in [5.41, 5.74) is 6.96. The monoisotopic (exact) mass is 338 g/mol. The van der Waals surface area contributed by atoms with Crippen LogP contribution in [0.1, 0.15) is 38.2 Å². The Kier molecular flexibility index (Phi) is 4.79. The summed E-state index contributed by atoms with van der Waals surface area (Å²) in [5.74, 6) is 0.0941. The number of benzene rings is 3. The van der Waals surface area contributed by atoms with Crippen molar-refractivity contribution in [1.29, 1.82) is 0 Å². The lowest BCUT2D eigenvalue weighted by Gasteiger charge is -2.13. The zero-order valence-corrected chi connectivity index (χ0v) is 14.8. The van der Waals surface area contributed by atoms with Gasteiger partial charge in [-0.05, 0) is 65.6 Å². The molecule has 4 aliphatic rings. The maximum Gasteiger partial charge on any atom is 0.186 e. The summed E-state index contributed by atoms with van der Waals surface area (Å²) in [5, 5.41) is 0. The first-order valence-electron chi connectivity index (χ1n) is 9.25. The van der Waals surface area contributed by atoms with E-state index in [4.69, 9.17) is 0 Å². The summed E-state index contributed by atoms with van der Waals surface area (Å²) in [4.78, 5) is 12.9. The van der Waals surface area contributed by atoms with Crippen molar-refractivity contribution in [2.75, 3.05) is 0 Å². The van der Waals surface area contributed by atoms with E-state index >= 15 is 0 Å². The van der Waals surface area contributed by atoms with E-state index in [1.807, 2.05) is 36.4 Å². The van der Waals surface area contributed by atoms with Gasteiger partial charge in [0.1, 0.15) is 0 Å². The van der Waals surface area contributed by atoms with E-state index in [1.54, 1.807) is 6.08 Å². The molecule has 0 radical (unpaired) electrons. The van der Waals surface area contributed by atoms with E-state index in [1.165, 1.54) is 16.7 Å². The van der Waals surface area contributed by atoms with Crippen LogP contribution in [0.5, 0.6) is 0 Å². The van der Waals surface area contributed by atoms with Crippen LogP contribution < -0.4 is 0 Å². The Balaban J connectivity index is 1.64. The van der Waals surface area contributed by atoms with Crippen LogP contribution in [0.3, 0.4) is 0 Å². The van der Waals surface area contributed by atoms with Crippen LogP contribution in [-0.4, -0.2) is 5.78 Å². The normalized spacial score (nSPS) is 13.5. The molecule has 0 fully saturated rings. The van der Waals surface area contributed by atoms with Gasteiger partial charge in [0.05, 0.1) is 0 Å². The molecule has 0 aliphatic heterocycles. The van der Waals surface area contributed by atoms with Crippen molar-refractivity contribution in [1.82, 2.24) is 0 Å². The Bertz CT molecular complexity index is 934. The number of rotatable bonds is 3. The number of carbonyl (C=O) groups excluding carboxylic acids is 1. The molecule has 7 rings (SSSR count). The second kappa shape index (κ2) is 7.53. The molecule has 4 aliphatic carbocycles. The number of hydrogen-bond acceptors (Lipinski definition) is 1. The van der Waals surface area contributed by atoms with Crippen molar-refractivity contribution in [2.45, 2.75) is 25.7 Å². The fourth-order valence-corrected chi connectivity index (χ4v) is 3.49. The largest absolute Gasteiger partial charge is 0.289 e. The predicted molar refractivity (Wildman–Crippen MR) is 108 cm³/mol. The number of allylic oxidation sites excluding steroid dienone is 1.